The molecular formula is C17H24BN3O4. The van der Waals surface area contributed by atoms with Gasteiger partial charge in [0, 0.05) is 24.5 Å². The maximum Gasteiger partial charge on any atom is 0.451 e. The van der Waals surface area contributed by atoms with Gasteiger partial charge in [0.2, 0.25) is 0 Å². The van der Waals surface area contributed by atoms with Gasteiger partial charge in [0.05, 0.1) is 19.7 Å². The standard InChI is InChI=1S/C17H24BN3O4/c1-24-15-9-13-14(10-16(15)25-2)19-11-20-17(13)21-7-4-12(5-8-21)3-6-18(22)23/h9-12,22-23H,3-8H2,1-2H3. The average molecular weight is 345 g/mol. The molecule has 2 aromatic rings. The van der Waals surface area contributed by atoms with Crippen molar-refractivity contribution < 1.29 is 19.5 Å². The van der Waals surface area contributed by atoms with Gasteiger partial charge in [-0.25, -0.2) is 9.97 Å². The molecule has 1 aromatic heterocycles. The smallest absolute Gasteiger partial charge is 0.451 e. The summed E-state index contributed by atoms with van der Waals surface area (Å²) in [7, 11) is 2.03. The summed E-state index contributed by atoms with van der Waals surface area (Å²) in [6.07, 6.45) is 4.91. The van der Waals surface area contributed by atoms with E-state index in [4.69, 9.17) is 19.5 Å². The number of aromatic nitrogens is 2. The van der Waals surface area contributed by atoms with Crippen molar-refractivity contribution in [1.82, 2.24) is 9.97 Å². The van der Waals surface area contributed by atoms with Crippen molar-refractivity contribution >= 4 is 23.8 Å². The highest BCUT2D eigenvalue weighted by Gasteiger charge is 2.23. The predicted octanol–water partition coefficient (Wildman–Crippen LogP) is 1.73. The van der Waals surface area contributed by atoms with E-state index in [1.807, 2.05) is 12.1 Å². The Hall–Kier alpha value is -2.06. The fourth-order valence-electron chi connectivity index (χ4n) is 3.44. The minimum atomic E-state index is -1.20. The van der Waals surface area contributed by atoms with E-state index < -0.39 is 7.12 Å². The van der Waals surface area contributed by atoms with E-state index in [2.05, 4.69) is 14.9 Å². The van der Waals surface area contributed by atoms with E-state index in [1.54, 1.807) is 20.5 Å². The van der Waals surface area contributed by atoms with Crippen molar-refractivity contribution in [1.29, 1.82) is 0 Å². The molecule has 1 saturated heterocycles. The van der Waals surface area contributed by atoms with Gasteiger partial charge >= 0.3 is 7.12 Å². The molecule has 2 heterocycles. The summed E-state index contributed by atoms with van der Waals surface area (Å²) in [6, 6.07) is 3.80. The zero-order valence-electron chi connectivity index (χ0n) is 14.7. The fourth-order valence-corrected chi connectivity index (χ4v) is 3.44. The van der Waals surface area contributed by atoms with Crippen LogP contribution in [0, 0.1) is 5.92 Å². The van der Waals surface area contributed by atoms with Crippen LogP contribution in [0.4, 0.5) is 5.82 Å². The van der Waals surface area contributed by atoms with E-state index >= 15 is 0 Å². The third-order valence-electron chi connectivity index (χ3n) is 4.87. The Kier molecular flexibility index (Phi) is 5.60. The number of hydrogen-bond acceptors (Lipinski definition) is 7. The highest BCUT2D eigenvalue weighted by Crippen LogP contribution is 2.36. The lowest BCUT2D eigenvalue weighted by atomic mass is 9.78. The Morgan fingerprint density at radius 2 is 1.80 bits per heavy atom. The molecule has 0 atom stereocenters. The lowest BCUT2D eigenvalue weighted by Gasteiger charge is -2.33. The Bertz CT molecular complexity index is 720. The summed E-state index contributed by atoms with van der Waals surface area (Å²) in [5.74, 6) is 2.76. The summed E-state index contributed by atoms with van der Waals surface area (Å²) in [6.45, 7) is 1.79. The second kappa shape index (κ2) is 7.88. The zero-order chi connectivity index (χ0) is 17.8. The molecule has 0 aliphatic carbocycles. The van der Waals surface area contributed by atoms with E-state index in [0.29, 0.717) is 23.7 Å². The Labute approximate surface area is 147 Å². The third-order valence-corrected chi connectivity index (χ3v) is 4.87. The quantitative estimate of drug-likeness (QED) is 0.771. The molecule has 0 bridgehead atoms. The van der Waals surface area contributed by atoms with Gasteiger partial charge in [0.1, 0.15) is 12.1 Å². The van der Waals surface area contributed by atoms with E-state index in [-0.39, 0.29) is 0 Å². The van der Waals surface area contributed by atoms with Gasteiger partial charge in [0.15, 0.2) is 11.5 Å². The number of methoxy groups -OCH3 is 2. The van der Waals surface area contributed by atoms with Crippen LogP contribution in [-0.4, -0.2) is 54.4 Å². The molecule has 3 rings (SSSR count). The van der Waals surface area contributed by atoms with Crippen LogP contribution >= 0.6 is 0 Å². The first kappa shape index (κ1) is 17.8. The molecule has 0 saturated carbocycles. The maximum absolute atomic E-state index is 9.03. The number of nitrogens with zero attached hydrogens (tertiary/aromatic N) is 3. The van der Waals surface area contributed by atoms with E-state index in [0.717, 1.165) is 49.1 Å². The van der Waals surface area contributed by atoms with Crippen LogP contribution in [-0.2, 0) is 0 Å². The monoisotopic (exact) mass is 345 g/mol. The first-order valence-corrected chi connectivity index (χ1v) is 8.60. The Morgan fingerprint density at radius 1 is 1.12 bits per heavy atom. The molecule has 0 unspecified atom stereocenters. The average Bonchev–Trinajstić information content (AvgIpc) is 2.65. The Morgan fingerprint density at radius 3 is 2.44 bits per heavy atom. The number of rotatable bonds is 6. The topological polar surface area (TPSA) is 87.9 Å². The third kappa shape index (κ3) is 3.96. The summed E-state index contributed by atoms with van der Waals surface area (Å²) in [5, 5.41) is 19.0. The molecule has 7 nitrogen and oxygen atoms in total. The Balaban J connectivity index is 1.80. The normalized spacial score (nSPS) is 15.4. The van der Waals surface area contributed by atoms with Crippen LogP contribution in [0.2, 0.25) is 6.32 Å². The van der Waals surface area contributed by atoms with Gasteiger partial charge in [-0.15, -0.1) is 0 Å². The largest absolute Gasteiger partial charge is 0.493 e. The van der Waals surface area contributed by atoms with Crippen LogP contribution in [0.5, 0.6) is 11.5 Å². The van der Waals surface area contributed by atoms with Crippen LogP contribution in [0.3, 0.4) is 0 Å². The molecule has 0 spiro atoms. The first-order valence-electron chi connectivity index (χ1n) is 8.60. The molecule has 8 heteroatoms. The van der Waals surface area contributed by atoms with Gasteiger partial charge in [-0.1, -0.05) is 6.42 Å². The van der Waals surface area contributed by atoms with Gasteiger partial charge in [-0.2, -0.15) is 0 Å². The summed E-state index contributed by atoms with van der Waals surface area (Å²) in [4.78, 5) is 11.1. The summed E-state index contributed by atoms with van der Waals surface area (Å²) >= 11 is 0. The van der Waals surface area contributed by atoms with Crippen LogP contribution < -0.4 is 14.4 Å². The molecule has 25 heavy (non-hydrogen) atoms. The lowest BCUT2D eigenvalue weighted by molar-refractivity contribution is 0.355. The molecule has 0 amide bonds. The second-order valence-corrected chi connectivity index (χ2v) is 6.41. The van der Waals surface area contributed by atoms with Crippen LogP contribution in [0.1, 0.15) is 19.3 Å². The highest BCUT2D eigenvalue weighted by atomic mass is 16.5. The molecule has 2 N–H and O–H groups in total. The van der Waals surface area contributed by atoms with Crippen LogP contribution in [0.15, 0.2) is 18.5 Å². The molecule has 1 aromatic carbocycles. The molecule has 1 aliphatic heterocycles. The first-order chi connectivity index (χ1) is 12.1. The van der Waals surface area contributed by atoms with Crippen molar-refractivity contribution in [3.8, 4) is 11.5 Å². The minimum Gasteiger partial charge on any atom is -0.493 e. The van der Waals surface area contributed by atoms with Crippen molar-refractivity contribution in [2.45, 2.75) is 25.6 Å². The van der Waals surface area contributed by atoms with E-state index in [1.165, 1.54) is 0 Å². The predicted molar refractivity (Wildman–Crippen MR) is 97.2 cm³/mol. The fraction of sp³-hybridized carbons (Fsp3) is 0.529. The van der Waals surface area contributed by atoms with Crippen molar-refractivity contribution in [3.63, 3.8) is 0 Å². The van der Waals surface area contributed by atoms with Crippen molar-refractivity contribution in [2.24, 2.45) is 5.92 Å². The molecule has 0 radical (unpaired) electrons. The molecule has 134 valence electrons. The van der Waals surface area contributed by atoms with Gasteiger partial charge in [-0.05, 0) is 31.1 Å². The molecular weight excluding hydrogens is 321 g/mol. The van der Waals surface area contributed by atoms with Crippen molar-refractivity contribution in [2.75, 3.05) is 32.2 Å². The van der Waals surface area contributed by atoms with Crippen molar-refractivity contribution in [3.05, 3.63) is 18.5 Å². The number of piperidine rings is 1. The highest BCUT2D eigenvalue weighted by molar-refractivity contribution is 6.40. The summed E-state index contributed by atoms with van der Waals surface area (Å²) in [5.41, 5.74) is 0.827. The van der Waals surface area contributed by atoms with Gasteiger partial charge in [0.25, 0.3) is 0 Å². The number of anilines is 1. The zero-order valence-corrected chi connectivity index (χ0v) is 14.7. The number of ether oxygens (including phenoxy) is 2. The van der Waals surface area contributed by atoms with Crippen LogP contribution in [0.25, 0.3) is 10.9 Å². The SMILES string of the molecule is COc1cc2ncnc(N3CCC(CCB(O)O)CC3)c2cc1OC. The minimum absolute atomic E-state index is 0.443. The summed E-state index contributed by atoms with van der Waals surface area (Å²) < 4.78 is 10.8. The number of hydrogen-bond donors (Lipinski definition) is 2. The second-order valence-electron chi connectivity index (χ2n) is 6.41. The number of benzene rings is 1. The maximum atomic E-state index is 9.03. The molecule has 1 aliphatic rings. The molecule has 1 fully saturated rings. The van der Waals surface area contributed by atoms with E-state index in [9.17, 15) is 0 Å². The lowest BCUT2D eigenvalue weighted by Crippen LogP contribution is -2.34. The van der Waals surface area contributed by atoms with Gasteiger partial charge in [-0.3, -0.25) is 0 Å². The number of fused-ring (bicyclic) bond motifs is 1. The van der Waals surface area contributed by atoms with Gasteiger partial charge < -0.3 is 24.4 Å².